The summed E-state index contributed by atoms with van der Waals surface area (Å²) in [5.74, 6) is -0.328. The average Bonchev–Trinajstić information content (AvgIpc) is 3.03. The van der Waals surface area contributed by atoms with Crippen LogP contribution in [0.5, 0.6) is 5.88 Å². The van der Waals surface area contributed by atoms with Crippen molar-refractivity contribution in [1.29, 1.82) is 0 Å². The number of hydrogen-bond acceptors (Lipinski definition) is 4. The number of ether oxygens (including phenoxy) is 1. The summed E-state index contributed by atoms with van der Waals surface area (Å²) in [6.07, 6.45) is 1.58. The summed E-state index contributed by atoms with van der Waals surface area (Å²) in [5, 5.41) is 9.63. The second kappa shape index (κ2) is 8.05. The van der Waals surface area contributed by atoms with E-state index in [9.17, 15) is 9.59 Å². The van der Waals surface area contributed by atoms with Crippen LogP contribution >= 0.6 is 15.9 Å². The number of amides is 2. The fourth-order valence-corrected chi connectivity index (χ4v) is 2.85. The molecule has 0 aliphatic heterocycles. The predicted octanol–water partition coefficient (Wildman–Crippen LogP) is 3.70. The van der Waals surface area contributed by atoms with Crippen LogP contribution in [-0.2, 0) is 7.05 Å². The Morgan fingerprint density at radius 3 is 2.41 bits per heavy atom. The van der Waals surface area contributed by atoms with Gasteiger partial charge in [0, 0.05) is 34.7 Å². The van der Waals surface area contributed by atoms with Crippen LogP contribution in [0.1, 0.15) is 20.7 Å². The summed E-state index contributed by atoms with van der Waals surface area (Å²) in [5.41, 5.74) is 2.06. The lowest BCUT2D eigenvalue weighted by molar-refractivity contribution is 0.101. The highest BCUT2D eigenvalue weighted by molar-refractivity contribution is 9.10. The molecule has 0 bridgehead atoms. The smallest absolute Gasteiger partial charge is 0.262 e. The third-order valence-corrected chi connectivity index (χ3v) is 4.21. The SMILES string of the molecule is COc1nn(C)cc1C(=O)Nc1ccc(C(=O)Nc2cccc(Br)c2)cc1. The van der Waals surface area contributed by atoms with E-state index in [1.54, 1.807) is 43.6 Å². The molecule has 3 aromatic rings. The van der Waals surface area contributed by atoms with Crippen molar-refractivity contribution in [2.24, 2.45) is 7.05 Å². The molecular weight excluding hydrogens is 412 g/mol. The van der Waals surface area contributed by atoms with Crippen LogP contribution in [0, 0.1) is 0 Å². The molecule has 1 heterocycles. The van der Waals surface area contributed by atoms with E-state index in [1.807, 2.05) is 18.2 Å². The number of halogens is 1. The Kier molecular flexibility index (Phi) is 5.56. The molecule has 0 atom stereocenters. The Balaban J connectivity index is 1.67. The maximum absolute atomic E-state index is 12.4. The van der Waals surface area contributed by atoms with Gasteiger partial charge in [0.05, 0.1) is 7.11 Å². The maximum Gasteiger partial charge on any atom is 0.262 e. The monoisotopic (exact) mass is 428 g/mol. The highest BCUT2D eigenvalue weighted by atomic mass is 79.9. The zero-order valence-electron chi connectivity index (χ0n) is 14.7. The minimum Gasteiger partial charge on any atom is -0.479 e. The van der Waals surface area contributed by atoms with Crippen molar-refractivity contribution in [3.8, 4) is 5.88 Å². The largest absolute Gasteiger partial charge is 0.479 e. The average molecular weight is 429 g/mol. The van der Waals surface area contributed by atoms with Gasteiger partial charge in [-0.25, -0.2) is 0 Å². The first-order valence-electron chi connectivity index (χ1n) is 8.02. The Bertz CT molecular complexity index is 983. The van der Waals surface area contributed by atoms with Gasteiger partial charge in [0.15, 0.2) is 0 Å². The standard InChI is InChI=1S/C19H17BrN4O3/c1-24-11-16(19(23-24)27-2)18(26)21-14-8-6-12(7-9-14)17(25)22-15-5-3-4-13(20)10-15/h3-11H,1-2H3,(H,21,26)(H,22,25). The molecule has 0 unspecified atom stereocenters. The Hall–Kier alpha value is -3.13. The van der Waals surface area contributed by atoms with Crippen LogP contribution in [0.15, 0.2) is 59.2 Å². The second-order valence-corrected chi connectivity index (χ2v) is 6.64. The molecule has 2 amide bonds. The number of hydrogen-bond donors (Lipinski definition) is 2. The van der Waals surface area contributed by atoms with E-state index in [1.165, 1.54) is 11.8 Å². The molecule has 0 aliphatic rings. The minimum absolute atomic E-state index is 0.236. The first-order valence-corrected chi connectivity index (χ1v) is 8.81. The fourth-order valence-electron chi connectivity index (χ4n) is 2.45. The second-order valence-electron chi connectivity index (χ2n) is 5.72. The molecule has 0 radical (unpaired) electrons. The molecule has 0 aliphatic carbocycles. The van der Waals surface area contributed by atoms with Gasteiger partial charge in [-0.05, 0) is 42.5 Å². The third-order valence-electron chi connectivity index (χ3n) is 3.72. The number of methoxy groups -OCH3 is 1. The van der Waals surface area contributed by atoms with Crippen molar-refractivity contribution in [3.05, 3.63) is 70.3 Å². The molecule has 0 fully saturated rings. The molecule has 27 heavy (non-hydrogen) atoms. The number of rotatable bonds is 5. The summed E-state index contributed by atoms with van der Waals surface area (Å²) in [6, 6.07) is 13.9. The zero-order valence-corrected chi connectivity index (χ0v) is 16.3. The minimum atomic E-state index is -0.341. The summed E-state index contributed by atoms with van der Waals surface area (Å²) in [7, 11) is 3.16. The van der Waals surface area contributed by atoms with Crippen LogP contribution in [0.3, 0.4) is 0 Å². The maximum atomic E-state index is 12.4. The first kappa shape index (κ1) is 18.7. The van der Waals surface area contributed by atoms with Gasteiger partial charge in [-0.3, -0.25) is 14.3 Å². The van der Waals surface area contributed by atoms with Gasteiger partial charge in [-0.15, -0.1) is 5.10 Å². The summed E-state index contributed by atoms with van der Waals surface area (Å²) >= 11 is 3.37. The molecule has 7 nitrogen and oxygen atoms in total. The van der Waals surface area contributed by atoms with Crippen molar-refractivity contribution in [3.63, 3.8) is 0 Å². The topological polar surface area (TPSA) is 85.2 Å². The van der Waals surface area contributed by atoms with Crippen LogP contribution in [0.25, 0.3) is 0 Å². The van der Waals surface area contributed by atoms with E-state index in [0.29, 0.717) is 22.5 Å². The lowest BCUT2D eigenvalue weighted by Crippen LogP contribution is -2.14. The van der Waals surface area contributed by atoms with Gasteiger partial charge in [0.2, 0.25) is 5.88 Å². The van der Waals surface area contributed by atoms with E-state index in [2.05, 4.69) is 31.7 Å². The first-order chi connectivity index (χ1) is 13.0. The molecule has 8 heteroatoms. The third kappa shape index (κ3) is 4.53. The van der Waals surface area contributed by atoms with Gasteiger partial charge < -0.3 is 15.4 Å². The highest BCUT2D eigenvalue weighted by Crippen LogP contribution is 2.19. The van der Waals surface area contributed by atoms with Gasteiger partial charge in [0.25, 0.3) is 11.8 Å². The van der Waals surface area contributed by atoms with E-state index >= 15 is 0 Å². The van der Waals surface area contributed by atoms with Crippen LogP contribution in [0.2, 0.25) is 0 Å². The van der Waals surface area contributed by atoms with Crippen molar-refractivity contribution < 1.29 is 14.3 Å². The molecule has 1 aromatic heterocycles. The summed E-state index contributed by atoms with van der Waals surface area (Å²) in [4.78, 5) is 24.7. The van der Waals surface area contributed by atoms with E-state index in [-0.39, 0.29) is 17.7 Å². The van der Waals surface area contributed by atoms with Gasteiger partial charge in [-0.2, -0.15) is 0 Å². The zero-order chi connectivity index (χ0) is 19.4. The molecule has 3 rings (SSSR count). The lowest BCUT2D eigenvalue weighted by atomic mass is 10.2. The number of benzene rings is 2. The number of carbonyl (C=O) groups excluding carboxylic acids is 2. The molecule has 0 saturated carbocycles. The van der Waals surface area contributed by atoms with Crippen molar-refractivity contribution in [2.45, 2.75) is 0 Å². The van der Waals surface area contributed by atoms with E-state index < -0.39 is 0 Å². The predicted molar refractivity (Wildman–Crippen MR) is 106 cm³/mol. The van der Waals surface area contributed by atoms with Crippen molar-refractivity contribution in [1.82, 2.24) is 9.78 Å². The van der Waals surface area contributed by atoms with Crippen LogP contribution < -0.4 is 15.4 Å². The number of nitrogens with zero attached hydrogens (tertiary/aromatic N) is 2. The van der Waals surface area contributed by atoms with Crippen molar-refractivity contribution in [2.75, 3.05) is 17.7 Å². The fraction of sp³-hybridized carbons (Fsp3) is 0.105. The number of aromatic nitrogens is 2. The number of aryl methyl sites for hydroxylation is 1. The summed E-state index contributed by atoms with van der Waals surface area (Å²) < 4.78 is 7.47. The molecule has 0 saturated heterocycles. The van der Waals surface area contributed by atoms with Crippen LogP contribution in [-0.4, -0.2) is 28.7 Å². The van der Waals surface area contributed by atoms with Gasteiger partial charge in [-0.1, -0.05) is 22.0 Å². The lowest BCUT2D eigenvalue weighted by Gasteiger charge is -2.08. The normalized spacial score (nSPS) is 10.3. The molecule has 2 N–H and O–H groups in total. The van der Waals surface area contributed by atoms with E-state index in [4.69, 9.17) is 4.74 Å². The van der Waals surface area contributed by atoms with E-state index in [0.717, 1.165) is 4.47 Å². The van der Waals surface area contributed by atoms with Crippen molar-refractivity contribution >= 4 is 39.1 Å². The number of anilines is 2. The number of nitrogens with one attached hydrogen (secondary N) is 2. The van der Waals surface area contributed by atoms with Crippen LogP contribution in [0.4, 0.5) is 11.4 Å². The van der Waals surface area contributed by atoms with Gasteiger partial charge >= 0.3 is 0 Å². The number of carbonyl (C=O) groups is 2. The summed E-state index contributed by atoms with van der Waals surface area (Å²) in [6.45, 7) is 0. The quantitative estimate of drug-likeness (QED) is 0.648. The van der Waals surface area contributed by atoms with Gasteiger partial charge in [0.1, 0.15) is 5.56 Å². The molecule has 0 spiro atoms. The molecule has 2 aromatic carbocycles. The highest BCUT2D eigenvalue weighted by Gasteiger charge is 2.16. The Labute approximate surface area is 164 Å². The molecule has 138 valence electrons. The Morgan fingerprint density at radius 2 is 1.74 bits per heavy atom. The Morgan fingerprint density at radius 1 is 1.04 bits per heavy atom. The molecular formula is C19H17BrN4O3.